The molecule has 2 aliphatic carbocycles. The van der Waals surface area contributed by atoms with Crippen LogP contribution in [0.1, 0.15) is 177 Å². The van der Waals surface area contributed by atoms with Gasteiger partial charge in [-0.3, -0.25) is 14.8 Å². The number of hydrogen-bond donors (Lipinski definition) is 5. The van der Waals surface area contributed by atoms with Crippen molar-refractivity contribution in [2.24, 2.45) is 11.8 Å². The van der Waals surface area contributed by atoms with E-state index in [2.05, 4.69) is 30.9 Å². The molecule has 0 aromatic carbocycles. The number of hydroxylamine groups is 1. The minimum Gasteiger partial charge on any atom is -0.481 e. The van der Waals surface area contributed by atoms with Crippen LogP contribution in [0.25, 0.3) is 0 Å². The third-order valence-electron chi connectivity index (χ3n) is 12.0. The van der Waals surface area contributed by atoms with Gasteiger partial charge in [0.25, 0.3) is 0 Å². The molecule has 0 bridgehead atoms. The molecule has 2 atom stereocenters. The molecule has 1 amide bonds. The van der Waals surface area contributed by atoms with Crippen molar-refractivity contribution in [1.29, 1.82) is 0 Å². The number of rotatable bonds is 20. The van der Waals surface area contributed by atoms with Crippen LogP contribution in [-0.4, -0.2) is 81.0 Å². The molecule has 0 unspecified atom stereocenters. The number of aliphatic carboxylic acids is 1. The lowest BCUT2D eigenvalue weighted by molar-refractivity contribution is -0.137. The highest BCUT2D eigenvalue weighted by molar-refractivity contribution is 5.75. The first-order chi connectivity index (χ1) is 26.9. The summed E-state index contributed by atoms with van der Waals surface area (Å²) >= 11 is 0. The van der Waals surface area contributed by atoms with Crippen molar-refractivity contribution in [3.63, 3.8) is 0 Å². The molecule has 4 fully saturated rings. The third kappa shape index (κ3) is 16.2. The molecule has 310 valence electrons. The molecule has 0 radical (unpaired) electrons. The van der Waals surface area contributed by atoms with Crippen molar-refractivity contribution in [3.8, 4) is 0 Å². The second-order valence-electron chi connectivity index (χ2n) is 16.2. The van der Waals surface area contributed by atoms with Gasteiger partial charge in [-0.05, 0) is 50.4 Å². The zero-order chi connectivity index (χ0) is 38.5. The normalized spacial score (nSPS) is 20.4. The number of nitrogens with zero attached hydrogens (tertiary/aromatic N) is 4. The molecule has 4 aliphatic rings. The van der Waals surface area contributed by atoms with Gasteiger partial charge in [0, 0.05) is 56.8 Å². The van der Waals surface area contributed by atoms with Crippen LogP contribution in [0.15, 0.2) is 9.05 Å². The van der Waals surface area contributed by atoms with Crippen molar-refractivity contribution in [3.05, 3.63) is 23.4 Å². The Morgan fingerprint density at radius 1 is 0.636 bits per heavy atom. The lowest BCUT2D eigenvalue weighted by Gasteiger charge is -2.22. The first-order valence-corrected chi connectivity index (χ1v) is 21.4. The van der Waals surface area contributed by atoms with Crippen molar-refractivity contribution in [2.75, 3.05) is 26.4 Å². The SMILES string of the molecule is O=C(C[C@@H](CCCC1CCCCC1)c1nc(CNC2CCOCC2)no1)NO.O=C(O)C[C@@H](CCCC1CCCCC1)c1nc(CNC2CCOCC2)no1. The average Bonchev–Trinajstić information content (AvgIpc) is 3.91. The number of aromatic nitrogens is 4. The maximum absolute atomic E-state index is 11.7. The number of amides is 1. The Hall–Kier alpha value is -2.98. The predicted molar refractivity (Wildman–Crippen MR) is 203 cm³/mol. The summed E-state index contributed by atoms with van der Waals surface area (Å²) in [5, 5.41) is 33.2. The third-order valence-corrected chi connectivity index (χ3v) is 12.0. The van der Waals surface area contributed by atoms with E-state index < -0.39 is 11.9 Å². The molecule has 2 saturated carbocycles. The van der Waals surface area contributed by atoms with Crippen molar-refractivity contribution >= 4 is 11.9 Å². The molecule has 55 heavy (non-hydrogen) atoms. The van der Waals surface area contributed by atoms with Gasteiger partial charge in [0.2, 0.25) is 17.7 Å². The molecule has 2 aromatic heterocycles. The second kappa shape index (κ2) is 24.6. The monoisotopic (exact) mass is 774 g/mol. The van der Waals surface area contributed by atoms with E-state index in [4.69, 9.17) is 23.7 Å². The molecule has 6 rings (SSSR count). The van der Waals surface area contributed by atoms with Gasteiger partial charge in [0.15, 0.2) is 11.6 Å². The van der Waals surface area contributed by atoms with Gasteiger partial charge in [0.1, 0.15) is 0 Å². The van der Waals surface area contributed by atoms with E-state index in [1.165, 1.54) is 77.0 Å². The highest BCUT2D eigenvalue weighted by Crippen LogP contribution is 2.32. The quantitative estimate of drug-likeness (QED) is 0.0700. The summed E-state index contributed by atoms with van der Waals surface area (Å²) in [7, 11) is 0. The van der Waals surface area contributed by atoms with Crippen LogP contribution in [0.4, 0.5) is 0 Å². The molecule has 0 spiro atoms. The molecule has 15 nitrogen and oxygen atoms in total. The van der Waals surface area contributed by atoms with Gasteiger partial charge in [0.05, 0.1) is 19.5 Å². The van der Waals surface area contributed by atoms with E-state index >= 15 is 0 Å². The van der Waals surface area contributed by atoms with Crippen LogP contribution in [-0.2, 0) is 32.2 Å². The number of nitrogens with one attached hydrogen (secondary N) is 3. The van der Waals surface area contributed by atoms with Crippen LogP contribution in [0.3, 0.4) is 0 Å². The van der Waals surface area contributed by atoms with E-state index in [9.17, 15) is 14.7 Å². The summed E-state index contributed by atoms with van der Waals surface area (Å²) in [6.45, 7) is 4.25. The van der Waals surface area contributed by atoms with E-state index in [0.29, 0.717) is 48.6 Å². The Labute approximate surface area is 326 Å². The first kappa shape index (κ1) is 43.1. The molecule has 2 saturated heterocycles. The van der Waals surface area contributed by atoms with E-state index in [0.717, 1.165) is 89.6 Å². The summed E-state index contributed by atoms with van der Waals surface area (Å²) in [6, 6.07) is 0.841. The molecular weight excluding hydrogens is 706 g/mol. The van der Waals surface area contributed by atoms with Crippen LogP contribution >= 0.6 is 0 Å². The maximum atomic E-state index is 11.7. The summed E-state index contributed by atoms with van der Waals surface area (Å²) in [5.74, 6) is 2.26. The van der Waals surface area contributed by atoms with Gasteiger partial charge in [-0.15, -0.1) is 0 Å². The lowest BCUT2D eigenvalue weighted by Crippen LogP contribution is -2.34. The van der Waals surface area contributed by atoms with Gasteiger partial charge < -0.3 is 34.3 Å². The standard InChI is InChI=1S/C20H34N4O4.C20H33N3O4/c25-19(23-26)13-16(8-4-7-15-5-2-1-3-6-15)20-22-18(24-28-20)14-21-17-9-11-27-12-10-17;24-19(25)13-16(8-4-7-15-5-2-1-3-6-15)20-22-18(23-27-20)14-21-17-9-11-26-12-10-17/h15-17,21,26H,1-14H2,(H,23,25);15-17,21H,1-14H2,(H,24,25)/t2*16-/m11/s1. The highest BCUT2D eigenvalue weighted by Gasteiger charge is 2.25. The summed E-state index contributed by atoms with van der Waals surface area (Å²) in [5.41, 5.74) is 1.73. The number of hydrogen-bond acceptors (Lipinski definition) is 13. The Balaban J connectivity index is 0.000000211. The number of ether oxygens (including phenoxy) is 2. The lowest BCUT2D eigenvalue weighted by atomic mass is 9.84. The zero-order valence-electron chi connectivity index (χ0n) is 32.9. The number of carboxylic acid groups (broad SMARTS) is 1. The number of carbonyl (C=O) groups is 2. The topological polar surface area (TPSA) is 207 Å². The van der Waals surface area contributed by atoms with Crippen LogP contribution in [0, 0.1) is 11.8 Å². The van der Waals surface area contributed by atoms with E-state index in [-0.39, 0.29) is 24.7 Å². The van der Waals surface area contributed by atoms with Crippen molar-refractivity contribution in [2.45, 2.75) is 178 Å². The fourth-order valence-corrected chi connectivity index (χ4v) is 8.65. The highest BCUT2D eigenvalue weighted by atomic mass is 16.5. The number of carboxylic acids is 1. The molecule has 2 aliphatic heterocycles. The molecular formula is C40H67N7O8. The van der Waals surface area contributed by atoms with Gasteiger partial charge >= 0.3 is 5.97 Å². The fraction of sp³-hybridized carbons (Fsp3) is 0.850. The Bertz CT molecular complexity index is 1350. The predicted octanol–water partition coefficient (Wildman–Crippen LogP) is 6.72. The second-order valence-corrected chi connectivity index (χ2v) is 16.2. The average molecular weight is 774 g/mol. The molecule has 15 heteroatoms. The Morgan fingerprint density at radius 2 is 1.07 bits per heavy atom. The summed E-state index contributed by atoms with van der Waals surface area (Å²) in [4.78, 5) is 32.0. The minimum atomic E-state index is -0.808. The van der Waals surface area contributed by atoms with Crippen LogP contribution < -0.4 is 16.1 Å². The Morgan fingerprint density at radius 3 is 1.49 bits per heavy atom. The van der Waals surface area contributed by atoms with Crippen LogP contribution in [0.5, 0.6) is 0 Å². The largest absolute Gasteiger partial charge is 0.481 e. The van der Waals surface area contributed by atoms with E-state index in [1.807, 2.05) is 0 Å². The van der Waals surface area contributed by atoms with Crippen molar-refractivity contribution in [1.82, 2.24) is 36.4 Å². The van der Waals surface area contributed by atoms with Gasteiger partial charge in [-0.25, -0.2) is 5.48 Å². The summed E-state index contributed by atoms with van der Waals surface area (Å²) in [6.07, 6.45) is 23.6. The van der Waals surface area contributed by atoms with E-state index in [1.54, 1.807) is 5.48 Å². The molecule has 5 N–H and O–H groups in total. The van der Waals surface area contributed by atoms with Crippen molar-refractivity contribution < 1.29 is 38.4 Å². The van der Waals surface area contributed by atoms with Gasteiger partial charge in [-0.1, -0.05) is 100 Å². The van der Waals surface area contributed by atoms with Gasteiger partial charge in [-0.2, -0.15) is 9.97 Å². The summed E-state index contributed by atoms with van der Waals surface area (Å²) < 4.78 is 21.6. The maximum Gasteiger partial charge on any atom is 0.304 e. The Kier molecular flexibility index (Phi) is 19.3. The molecule has 2 aromatic rings. The minimum absolute atomic E-state index is 0.0553. The first-order valence-electron chi connectivity index (χ1n) is 21.4. The smallest absolute Gasteiger partial charge is 0.304 e. The zero-order valence-corrected chi connectivity index (χ0v) is 32.9. The molecule has 4 heterocycles. The fourth-order valence-electron chi connectivity index (χ4n) is 8.65. The van der Waals surface area contributed by atoms with Crippen LogP contribution in [0.2, 0.25) is 0 Å². The number of carbonyl (C=O) groups excluding carboxylic acids is 1.